The summed E-state index contributed by atoms with van der Waals surface area (Å²) in [5.74, 6) is 3.31. The Morgan fingerprint density at radius 3 is 1.48 bits per heavy atom. The minimum Gasteiger partial charge on any atom is -0.0622 e. The largest absolute Gasteiger partial charge is 0.0622 e. The Kier molecular flexibility index (Phi) is 6.89. The van der Waals surface area contributed by atoms with Gasteiger partial charge in [-0.15, -0.1) is 0 Å². The topological polar surface area (TPSA) is 0 Å². The van der Waals surface area contributed by atoms with Crippen molar-refractivity contribution in [2.75, 3.05) is 0 Å². The summed E-state index contributed by atoms with van der Waals surface area (Å²) in [7, 11) is 0. The summed E-state index contributed by atoms with van der Waals surface area (Å²) >= 11 is 0. The predicted octanol–water partition coefficient (Wildman–Crippen LogP) is 16.2. The molecule has 0 nitrogen and oxygen atoms in total. The van der Waals surface area contributed by atoms with Gasteiger partial charge in [-0.05, 0) is 184 Å². The van der Waals surface area contributed by atoms with Crippen molar-refractivity contribution in [1.29, 1.82) is 0 Å². The average molecular weight is 781 g/mol. The van der Waals surface area contributed by atoms with Crippen molar-refractivity contribution in [3.63, 3.8) is 0 Å². The number of fused-ring (bicyclic) bond motifs is 10. The van der Waals surface area contributed by atoms with E-state index in [9.17, 15) is 0 Å². The Labute approximate surface area is 358 Å². The maximum atomic E-state index is 2.66. The van der Waals surface area contributed by atoms with Crippen LogP contribution in [-0.2, 0) is 10.8 Å². The lowest BCUT2D eigenvalue weighted by Gasteiger charge is -2.61. The lowest BCUT2D eigenvalue weighted by molar-refractivity contribution is -0.0393. The molecule has 0 amide bonds. The van der Waals surface area contributed by atoms with Crippen LogP contribution in [0.1, 0.15) is 68.2 Å². The van der Waals surface area contributed by atoms with Gasteiger partial charge in [0.05, 0.1) is 0 Å². The number of hydrogen-bond acceptors (Lipinski definition) is 0. The van der Waals surface area contributed by atoms with E-state index in [0.29, 0.717) is 0 Å². The second-order valence-electron chi connectivity index (χ2n) is 20.0. The molecule has 0 heterocycles. The van der Waals surface area contributed by atoms with Gasteiger partial charge < -0.3 is 0 Å². The Balaban J connectivity index is 0.999. The number of rotatable bonds is 3. The summed E-state index contributed by atoms with van der Waals surface area (Å²) in [4.78, 5) is 0. The molecule has 61 heavy (non-hydrogen) atoms. The molecule has 292 valence electrons. The van der Waals surface area contributed by atoms with E-state index in [2.05, 4.69) is 184 Å². The van der Waals surface area contributed by atoms with Crippen molar-refractivity contribution in [1.82, 2.24) is 0 Å². The van der Waals surface area contributed by atoms with E-state index in [1.165, 1.54) is 131 Å². The van der Waals surface area contributed by atoms with Gasteiger partial charge in [0.15, 0.2) is 0 Å². The van der Waals surface area contributed by atoms with Gasteiger partial charge in [0.25, 0.3) is 0 Å². The predicted molar refractivity (Wildman–Crippen MR) is 256 cm³/mol. The third-order valence-corrected chi connectivity index (χ3v) is 16.8. The summed E-state index contributed by atoms with van der Waals surface area (Å²) in [6.45, 7) is 4.83. The van der Waals surface area contributed by atoms with Gasteiger partial charge in [-0.25, -0.2) is 0 Å². The third-order valence-electron chi connectivity index (χ3n) is 16.8. The van der Waals surface area contributed by atoms with Crippen LogP contribution in [0.5, 0.6) is 0 Å². The van der Waals surface area contributed by atoms with Crippen LogP contribution in [0, 0.1) is 23.7 Å². The molecule has 1 spiro atoms. The van der Waals surface area contributed by atoms with E-state index in [4.69, 9.17) is 0 Å². The molecule has 0 heteroatoms. The van der Waals surface area contributed by atoms with Crippen LogP contribution in [0.15, 0.2) is 170 Å². The highest BCUT2D eigenvalue weighted by Crippen LogP contribution is 2.70. The smallest absolute Gasteiger partial charge is 0.0278 e. The van der Waals surface area contributed by atoms with Crippen molar-refractivity contribution in [3.05, 3.63) is 192 Å². The van der Waals surface area contributed by atoms with Crippen LogP contribution < -0.4 is 0 Å². The molecule has 4 saturated carbocycles. The summed E-state index contributed by atoms with van der Waals surface area (Å²) in [5.41, 5.74) is 19.7. The maximum absolute atomic E-state index is 2.66. The van der Waals surface area contributed by atoms with Gasteiger partial charge >= 0.3 is 0 Å². The van der Waals surface area contributed by atoms with Crippen LogP contribution in [0.2, 0.25) is 0 Å². The van der Waals surface area contributed by atoms with Crippen molar-refractivity contribution < 1.29 is 0 Å². The average Bonchev–Trinajstić information content (AvgIpc) is 3.72. The fourth-order valence-electron chi connectivity index (χ4n) is 14.7. The first-order valence-corrected chi connectivity index (χ1v) is 22.9. The van der Waals surface area contributed by atoms with Crippen LogP contribution in [0.3, 0.4) is 0 Å². The van der Waals surface area contributed by atoms with E-state index >= 15 is 0 Å². The summed E-state index contributed by atoms with van der Waals surface area (Å²) in [6, 6.07) is 65.6. The first-order valence-electron chi connectivity index (χ1n) is 22.9. The van der Waals surface area contributed by atoms with Crippen LogP contribution in [0.4, 0.5) is 0 Å². The quantitative estimate of drug-likeness (QED) is 0.157. The molecule has 0 N–H and O–H groups in total. The highest BCUT2D eigenvalue weighted by Gasteiger charge is 2.62. The summed E-state index contributed by atoms with van der Waals surface area (Å²) in [5, 5.41) is 8.17. The molecule has 4 fully saturated rings. The molecule has 0 atom stereocenters. The van der Waals surface area contributed by atoms with E-state index in [1.54, 1.807) is 11.1 Å². The summed E-state index contributed by atoms with van der Waals surface area (Å²) < 4.78 is 0. The fourth-order valence-corrected chi connectivity index (χ4v) is 14.7. The number of hydrogen-bond donors (Lipinski definition) is 0. The fraction of sp³-hybridized carbons (Fsp3) is 0.213. The lowest BCUT2D eigenvalue weighted by Crippen LogP contribution is -2.55. The zero-order valence-electron chi connectivity index (χ0n) is 35.0. The molecule has 6 aliphatic rings. The standard InChI is InChI=1S/C61H48/c1-60(2)55-33-39(38-14-4-3-5-15-38)24-26-45(55)46-27-25-40(34-56(46)60)57-47-18-7-9-20-49(47)58(50-21-10-8-19-48(50)57)52-35-53-44-17-12-13-23-54(44)61(59(53)51-22-11-6-16-43(51)52)41-29-36-28-37(31-41)32-42(61)30-36/h3-27,33-37,41-42H,28-32H2,1-2H3. The van der Waals surface area contributed by atoms with E-state index in [-0.39, 0.29) is 10.8 Å². The molecule has 0 saturated heterocycles. The van der Waals surface area contributed by atoms with Crippen molar-refractivity contribution in [3.8, 4) is 55.6 Å². The highest BCUT2D eigenvalue weighted by atomic mass is 14.6. The van der Waals surface area contributed by atoms with Gasteiger partial charge in [0, 0.05) is 10.8 Å². The zero-order chi connectivity index (χ0) is 40.2. The van der Waals surface area contributed by atoms with E-state index in [1.807, 2.05) is 0 Å². The van der Waals surface area contributed by atoms with Crippen LogP contribution >= 0.6 is 0 Å². The molecular weight excluding hydrogens is 733 g/mol. The molecule has 0 aliphatic heterocycles. The lowest BCUT2D eigenvalue weighted by atomic mass is 9.43. The Morgan fingerprint density at radius 2 is 0.836 bits per heavy atom. The van der Waals surface area contributed by atoms with Gasteiger partial charge in [0.1, 0.15) is 0 Å². The molecule has 0 aromatic heterocycles. The van der Waals surface area contributed by atoms with Gasteiger partial charge in [-0.1, -0.05) is 166 Å². The molecule has 0 radical (unpaired) electrons. The summed E-state index contributed by atoms with van der Waals surface area (Å²) in [6.07, 6.45) is 7.06. The maximum Gasteiger partial charge on any atom is 0.0278 e. The second-order valence-corrected chi connectivity index (χ2v) is 20.0. The molecule has 4 bridgehead atoms. The van der Waals surface area contributed by atoms with E-state index < -0.39 is 0 Å². The molecule has 0 unspecified atom stereocenters. The molecule has 9 aromatic carbocycles. The molecule has 6 aliphatic carbocycles. The van der Waals surface area contributed by atoms with Crippen molar-refractivity contribution >= 4 is 32.3 Å². The first-order chi connectivity index (χ1) is 30.0. The van der Waals surface area contributed by atoms with E-state index in [0.717, 1.165) is 23.7 Å². The Hall–Kier alpha value is -6.24. The van der Waals surface area contributed by atoms with Gasteiger partial charge in [0.2, 0.25) is 0 Å². The van der Waals surface area contributed by atoms with Crippen molar-refractivity contribution in [2.45, 2.75) is 56.8 Å². The first kappa shape index (κ1) is 34.5. The Morgan fingerprint density at radius 1 is 0.344 bits per heavy atom. The molecule has 9 aromatic rings. The van der Waals surface area contributed by atoms with Gasteiger partial charge in [-0.2, -0.15) is 0 Å². The van der Waals surface area contributed by atoms with Crippen LogP contribution in [0.25, 0.3) is 88.0 Å². The molecule has 15 rings (SSSR count). The zero-order valence-corrected chi connectivity index (χ0v) is 35.0. The number of benzene rings is 9. The van der Waals surface area contributed by atoms with Gasteiger partial charge in [-0.3, -0.25) is 0 Å². The van der Waals surface area contributed by atoms with Crippen LogP contribution in [-0.4, -0.2) is 0 Å². The normalized spacial score (nSPS) is 23.4. The monoisotopic (exact) mass is 780 g/mol. The second kappa shape index (κ2) is 12.2. The SMILES string of the molecule is CC1(C)c2cc(-c3ccccc3)ccc2-c2ccc(-c3c4ccccc4c(-c4cc5c(c6ccccc46)C4(c6ccccc6-5)C5CC6CC(C5)CC4C6)c4ccccc34)cc21. The van der Waals surface area contributed by atoms with Crippen molar-refractivity contribution in [2.24, 2.45) is 23.7 Å². The third kappa shape index (κ3) is 4.46. The Bertz CT molecular complexity index is 3260. The highest BCUT2D eigenvalue weighted by molar-refractivity contribution is 6.24. The molecular formula is C61H48. The minimum atomic E-state index is -0.134. The minimum absolute atomic E-state index is 0.121.